The van der Waals surface area contributed by atoms with E-state index in [1.807, 2.05) is 0 Å². The molecule has 0 spiro atoms. The maximum Gasteiger partial charge on any atom is 0.0761 e. The van der Waals surface area contributed by atoms with Crippen LogP contribution in [-0.4, -0.2) is 4.08 Å². The number of hydrogen-bond acceptors (Lipinski definition) is 2. The first kappa shape index (κ1) is 13.8. The van der Waals surface area contributed by atoms with E-state index in [1.54, 1.807) is 0 Å². The van der Waals surface area contributed by atoms with Gasteiger partial charge in [-0.1, -0.05) is 42.8 Å². The van der Waals surface area contributed by atoms with Crippen LogP contribution in [-0.2, 0) is 0 Å². The second-order valence-corrected chi connectivity index (χ2v) is 9.07. The van der Waals surface area contributed by atoms with Crippen molar-refractivity contribution < 1.29 is 0 Å². The second-order valence-electron chi connectivity index (χ2n) is 6.11. The van der Waals surface area contributed by atoms with Crippen LogP contribution in [0.4, 0.5) is 0 Å². The Balaban J connectivity index is 1.64. The van der Waals surface area contributed by atoms with Gasteiger partial charge in [0, 0.05) is 9.79 Å². The Hall–Kier alpha value is -0.860. The normalized spacial score (nSPS) is 26.1. The molecular weight excluding hydrogens is 292 g/mol. The summed E-state index contributed by atoms with van der Waals surface area (Å²) in [5, 5.41) is 0. The van der Waals surface area contributed by atoms with Gasteiger partial charge in [0.15, 0.2) is 0 Å². The Labute approximate surface area is 135 Å². The first-order valence-electron chi connectivity index (χ1n) is 7.85. The Morgan fingerprint density at radius 2 is 1.19 bits per heavy atom. The molecule has 108 valence electrons. The monoisotopic (exact) mass is 312 g/mol. The van der Waals surface area contributed by atoms with Crippen LogP contribution < -0.4 is 0 Å². The molecule has 0 radical (unpaired) electrons. The largest absolute Gasteiger partial charge is 0.107 e. The van der Waals surface area contributed by atoms with Gasteiger partial charge in [-0.05, 0) is 55.4 Å². The van der Waals surface area contributed by atoms with Gasteiger partial charge in [0.2, 0.25) is 0 Å². The average Bonchev–Trinajstić information content (AvgIpc) is 2.57. The van der Waals surface area contributed by atoms with E-state index in [0.717, 1.165) is 11.8 Å². The van der Waals surface area contributed by atoms with Gasteiger partial charge >= 0.3 is 0 Å². The van der Waals surface area contributed by atoms with Crippen molar-refractivity contribution >= 4 is 23.5 Å². The lowest BCUT2D eigenvalue weighted by Gasteiger charge is -2.58. The number of hydrogen-bond donors (Lipinski definition) is 0. The highest BCUT2D eigenvalue weighted by molar-refractivity contribution is 8.18. The van der Waals surface area contributed by atoms with Gasteiger partial charge in [0.25, 0.3) is 0 Å². The van der Waals surface area contributed by atoms with Crippen LogP contribution in [0.3, 0.4) is 0 Å². The van der Waals surface area contributed by atoms with Crippen molar-refractivity contribution in [1.82, 2.24) is 0 Å². The fourth-order valence-corrected chi connectivity index (χ4v) is 7.38. The molecule has 0 aliphatic heterocycles. The summed E-state index contributed by atoms with van der Waals surface area (Å²) in [5.41, 5.74) is 0. The van der Waals surface area contributed by atoms with E-state index in [4.69, 9.17) is 0 Å². The van der Waals surface area contributed by atoms with Gasteiger partial charge in [-0.15, -0.1) is 23.5 Å². The quantitative estimate of drug-likeness (QED) is 0.627. The number of benzene rings is 2. The predicted octanol–water partition coefficient (Wildman–Crippen LogP) is 6.09. The van der Waals surface area contributed by atoms with Crippen molar-refractivity contribution in [3.63, 3.8) is 0 Å². The summed E-state index contributed by atoms with van der Waals surface area (Å²) in [6.07, 6.45) is 5.70. The van der Waals surface area contributed by atoms with Crippen LogP contribution in [0.15, 0.2) is 70.5 Å². The summed E-state index contributed by atoms with van der Waals surface area (Å²) < 4.78 is 0.376. The Morgan fingerprint density at radius 3 is 1.62 bits per heavy atom. The molecule has 2 heteroatoms. The van der Waals surface area contributed by atoms with E-state index in [0.29, 0.717) is 4.08 Å². The third-order valence-corrected chi connectivity index (χ3v) is 8.34. The van der Waals surface area contributed by atoms with Crippen LogP contribution in [0.1, 0.15) is 25.7 Å². The summed E-state index contributed by atoms with van der Waals surface area (Å²) >= 11 is 4.26. The zero-order chi connectivity index (χ0) is 14.1. The molecule has 2 aromatic rings. The topological polar surface area (TPSA) is 0 Å². The van der Waals surface area contributed by atoms with Crippen molar-refractivity contribution in [2.75, 3.05) is 0 Å². The lowest BCUT2D eigenvalue weighted by atomic mass is 9.64. The number of thioether (sulfide) groups is 2. The maximum atomic E-state index is 2.27. The number of fused-ring (bicyclic) bond motifs is 2. The summed E-state index contributed by atoms with van der Waals surface area (Å²) in [5.74, 6) is 1.76. The average molecular weight is 313 g/mol. The molecule has 0 saturated heterocycles. The summed E-state index contributed by atoms with van der Waals surface area (Å²) in [7, 11) is 0. The van der Waals surface area contributed by atoms with E-state index >= 15 is 0 Å². The fraction of sp³-hybridized carbons (Fsp3) is 0.368. The number of rotatable bonds is 4. The third-order valence-electron chi connectivity index (χ3n) is 4.85. The summed E-state index contributed by atoms with van der Waals surface area (Å²) in [6.45, 7) is 0. The fourth-order valence-electron chi connectivity index (χ4n) is 3.79. The zero-order valence-electron chi connectivity index (χ0n) is 12.1. The lowest BCUT2D eigenvalue weighted by Crippen LogP contribution is -2.53. The highest BCUT2D eigenvalue weighted by Gasteiger charge is 2.57. The third kappa shape index (κ3) is 2.53. The molecule has 0 amide bonds. The van der Waals surface area contributed by atoms with Crippen LogP contribution in [0.2, 0.25) is 0 Å². The van der Waals surface area contributed by atoms with Crippen molar-refractivity contribution in [2.24, 2.45) is 11.8 Å². The Morgan fingerprint density at radius 1 is 0.714 bits per heavy atom. The van der Waals surface area contributed by atoms with E-state index < -0.39 is 0 Å². The molecule has 0 aromatic heterocycles. The van der Waals surface area contributed by atoms with E-state index in [2.05, 4.69) is 84.2 Å². The van der Waals surface area contributed by atoms with E-state index in [-0.39, 0.29) is 0 Å². The molecule has 21 heavy (non-hydrogen) atoms. The van der Waals surface area contributed by atoms with Crippen molar-refractivity contribution in [3.8, 4) is 0 Å². The zero-order valence-corrected chi connectivity index (χ0v) is 13.7. The Bertz CT molecular complexity index is 536. The predicted molar refractivity (Wildman–Crippen MR) is 92.8 cm³/mol. The minimum atomic E-state index is 0.376. The minimum absolute atomic E-state index is 0.376. The van der Waals surface area contributed by atoms with Crippen LogP contribution in [0, 0.1) is 11.8 Å². The highest BCUT2D eigenvalue weighted by Crippen LogP contribution is 2.68. The van der Waals surface area contributed by atoms with Gasteiger partial charge in [-0.25, -0.2) is 0 Å². The highest BCUT2D eigenvalue weighted by atomic mass is 32.2. The smallest absolute Gasteiger partial charge is 0.0761 e. The molecule has 2 aliphatic rings. The summed E-state index contributed by atoms with van der Waals surface area (Å²) in [6, 6.07) is 22.0. The van der Waals surface area contributed by atoms with Crippen LogP contribution in [0.5, 0.6) is 0 Å². The van der Waals surface area contributed by atoms with Gasteiger partial charge in [-0.3, -0.25) is 0 Å². The molecule has 2 aliphatic carbocycles. The standard InChI is InChI=1S/C19H20S2/c1-3-10-17(11-4-1)20-19(15-8-7-9-16(19)14-15)21-18-12-5-2-6-13-18/h1-6,10-13,15-16H,7-9,14H2. The Kier molecular flexibility index (Phi) is 3.76. The molecule has 2 saturated carbocycles. The van der Waals surface area contributed by atoms with Crippen molar-refractivity contribution in [2.45, 2.75) is 39.6 Å². The molecule has 2 bridgehead atoms. The molecule has 0 N–H and O–H groups in total. The molecule has 4 rings (SSSR count). The molecular formula is C19H20S2. The SMILES string of the molecule is c1ccc(SC2(Sc3ccccc3)C3CCCC2C3)cc1. The van der Waals surface area contributed by atoms with Gasteiger partial charge < -0.3 is 0 Å². The first-order chi connectivity index (χ1) is 10.4. The first-order valence-corrected chi connectivity index (χ1v) is 9.48. The molecule has 2 atom stereocenters. The molecule has 2 fully saturated rings. The van der Waals surface area contributed by atoms with Crippen molar-refractivity contribution in [1.29, 1.82) is 0 Å². The van der Waals surface area contributed by atoms with Gasteiger partial charge in [0.1, 0.15) is 0 Å². The molecule has 2 unspecified atom stereocenters. The minimum Gasteiger partial charge on any atom is -0.107 e. The van der Waals surface area contributed by atoms with Crippen molar-refractivity contribution in [3.05, 3.63) is 60.7 Å². The second kappa shape index (κ2) is 5.73. The summed E-state index contributed by atoms with van der Waals surface area (Å²) in [4.78, 5) is 2.86. The molecule has 0 heterocycles. The van der Waals surface area contributed by atoms with Crippen LogP contribution in [0.25, 0.3) is 0 Å². The maximum absolute atomic E-state index is 2.27. The molecule has 0 nitrogen and oxygen atoms in total. The van der Waals surface area contributed by atoms with Gasteiger partial charge in [-0.2, -0.15) is 0 Å². The lowest BCUT2D eigenvalue weighted by molar-refractivity contribution is 0.107. The van der Waals surface area contributed by atoms with E-state index in [9.17, 15) is 0 Å². The molecule has 2 aromatic carbocycles. The van der Waals surface area contributed by atoms with E-state index in [1.165, 1.54) is 35.5 Å². The van der Waals surface area contributed by atoms with Gasteiger partial charge in [0.05, 0.1) is 4.08 Å². The van der Waals surface area contributed by atoms with Crippen LogP contribution >= 0.6 is 23.5 Å².